The van der Waals surface area contributed by atoms with E-state index >= 15 is 0 Å². The average Bonchev–Trinajstić information content (AvgIpc) is 3.05. The van der Waals surface area contributed by atoms with Gasteiger partial charge in [-0.1, -0.05) is 11.6 Å². The van der Waals surface area contributed by atoms with Crippen LogP contribution in [0.25, 0.3) is 5.69 Å². The third-order valence-electron chi connectivity index (χ3n) is 6.23. The molecule has 150 valence electrons. The van der Waals surface area contributed by atoms with E-state index in [1.54, 1.807) is 0 Å². The average molecular weight is 403 g/mol. The van der Waals surface area contributed by atoms with Crippen molar-refractivity contribution in [3.8, 4) is 5.69 Å². The molecule has 1 saturated carbocycles. The topological polar surface area (TPSA) is 61.2 Å². The molecule has 0 radical (unpaired) electrons. The number of hydrogen-bond acceptors (Lipinski definition) is 5. The Bertz CT molecular complexity index is 826. The van der Waals surface area contributed by atoms with E-state index in [2.05, 4.69) is 26.1 Å². The van der Waals surface area contributed by atoms with E-state index in [0.717, 1.165) is 87.2 Å². The zero-order valence-corrected chi connectivity index (χ0v) is 16.8. The van der Waals surface area contributed by atoms with Crippen LogP contribution in [0.2, 0.25) is 5.02 Å². The van der Waals surface area contributed by atoms with Gasteiger partial charge in [-0.25, -0.2) is 0 Å². The molecule has 0 unspecified atom stereocenters. The third-order valence-corrected chi connectivity index (χ3v) is 6.46. The largest absolute Gasteiger partial charge is 0.381 e. The van der Waals surface area contributed by atoms with Gasteiger partial charge in [0.2, 0.25) is 0 Å². The van der Waals surface area contributed by atoms with Crippen LogP contribution in [-0.4, -0.2) is 40.2 Å². The van der Waals surface area contributed by atoms with Gasteiger partial charge < -0.3 is 14.8 Å². The van der Waals surface area contributed by atoms with Crippen LogP contribution in [0.15, 0.2) is 18.2 Å². The molecule has 7 heteroatoms. The van der Waals surface area contributed by atoms with E-state index < -0.39 is 0 Å². The Balaban J connectivity index is 1.32. The lowest BCUT2D eigenvalue weighted by Gasteiger charge is -2.32. The van der Waals surface area contributed by atoms with Crippen LogP contribution in [0, 0.1) is 0 Å². The fourth-order valence-electron chi connectivity index (χ4n) is 4.74. The molecule has 1 aliphatic carbocycles. The number of aromatic nitrogens is 3. The summed E-state index contributed by atoms with van der Waals surface area (Å²) in [6, 6.07) is 6.10. The summed E-state index contributed by atoms with van der Waals surface area (Å²) in [5, 5.41) is 13.3. The Morgan fingerprint density at radius 3 is 2.61 bits per heavy atom. The molecule has 0 bridgehead atoms. The standard InChI is InChI=1S/C21H27ClN4O2/c22-16-3-6-19-15(11-16)12-23-13-20-24-25-21(26(19)20)14-1-4-17(5-2-14)28-18-7-9-27-10-8-18/h3,6,11,14,17-18,23H,1-2,4-5,7-10,12-13H2. The van der Waals surface area contributed by atoms with Gasteiger partial charge in [-0.15, -0.1) is 10.2 Å². The number of benzene rings is 1. The molecule has 1 aromatic carbocycles. The van der Waals surface area contributed by atoms with Crippen molar-refractivity contribution in [1.82, 2.24) is 20.1 Å². The van der Waals surface area contributed by atoms with Gasteiger partial charge in [0.15, 0.2) is 5.82 Å². The highest BCUT2D eigenvalue weighted by Crippen LogP contribution is 2.36. The van der Waals surface area contributed by atoms with Gasteiger partial charge in [-0.3, -0.25) is 4.57 Å². The van der Waals surface area contributed by atoms with E-state index in [9.17, 15) is 0 Å². The Kier molecular flexibility index (Phi) is 5.37. The molecular weight excluding hydrogens is 376 g/mol. The first kappa shape index (κ1) is 18.6. The normalized spacial score (nSPS) is 25.8. The minimum Gasteiger partial charge on any atom is -0.381 e. The summed E-state index contributed by atoms with van der Waals surface area (Å²) in [7, 11) is 0. The molecule has 2 aromatic rings. The van der Waals surface area contributed by atoms with Crippen molar-refractivity contribution >= 4 is 11.6 Å². The van der Waals surface area contributed by atoms with Crippen LogP contribution in [0.3, 0.4) is 0 Å². The molecule has 5 rings (SSSR count). The molecule has 1 aromatic heterocycles. The lowest BCUT2D eigenvalue weighted by molar-refractivity contribution is -0.0796. The second-order valence-corrected chi connectivity index (χ2v) is 8.54. The minimum absolute atomic E-state index is 0.374. The van der Waals surface area contributed by atoms with Crippen molar-refractivity contribution in [1.29, 1.82) is 0 Å². The molecule has 3 aliphatic rings. The van der Waals surface area contributed by atoms with Gasteiger partial charge in [0.25, 0.3) is 0 Å². The van der Waals surface area contributed by atoms with Gasteiger partial charge in [-0.2, -0.15) is 0 Å². The first-order valence-electron chi connectivity index (χ1n) is 10.4. The number of ether oxygens (including phenoxy) is 2. The predicted octanol–water partition coefficient (Wildman–Crippen LogP) is 3.75. The quantitative estimate of drug-likeness (QED) is 0.847. The number of hydrogen-bond donors (Lipinski definition) is 1. The van der Waals surface area contributed by atoms with Crippen LogP contribution in [0.5, 0.6) is 0 Å². The maximum Gasteiger partial charge on any atom is 0.151 e. The number of nitrogens with one attached hydrogen (secondary N) is 1. The Morgan fingerprint density at radius 2 is 1.79 bits per heavy atom. The Hall–Kier alpha value is -1.47. The molecule has 28 heavy (non-hydrogen) atoms. The Labute approximate surface area is 170 Å². The van der Waals surface area contributed by atoms with Crippen LogP contribution >= 0.6 is 11.6 Å². The fraction of sp³-hybridized carbons (Fsp3) is 0.619. The predicted molar refractivity (Wildman–Crippen MR) is 107 cm³/mol. The SMILES string of the molecule is Clc1ccc2c(c1)CNCc1nnc(C3CCC(OC4CCOCC4)CC3)n1-2. The third kappa shape index (κ3) is 3.71. The van der Waals surface area contributed by atoms with Crippen LogP contribution in [0.4, 0.5) is 0 Å². The Morgan fingerprint density at radius 1 is 1.00 bits per heavy atom. The van der Waals surface area contributed by atoms with E-state index in [-0.39, 0.29) is 0 Å². The highest BCUT2D eigenvalue weighted by atomic mass is 35.5. The number of rotatable bonds is 3. The van der Waals surface area contributed by atoms with Gasteiger partial charge in [0, 0.05) is 30.7 Å². The zero-order valence-electron chi connectivity index (χ0n) is 16.1. The van der Waals surface area contributed by atoms with Gasteiger partial charge in [0.05, 0.1) is 24.4 Å². The van der Waals surface area contributed by atoms with Crippen molar-refractivity contribution < 1.29 is 9.47 Å². The second-order valence-electron chi connectivity index (χ2n) is 8.11. The molecule has 3 heterocycles. The van der Waals surface area contributed by atoms with Gasteiger partial charge in [0.1, 0.15) is 5.82 Å². The van der Waals surface area contributed by atoms with Crippen LogP contribution in [0.1, 0.15) is 61.7 Å². The summed E-state index contributed by atoms with van der Waals surface area (Å²) in [5.74, 6) is 2.50. The fourth-order valence-corrected chi connectivity index (χ4v) is 4.93. The smallest absolute Gasteiger partial charge is 0.151 e. The summed E-state index contributed by atoms with van der Waals surface area (Å²) in [6.07, 6.45) is 7.20. The van der Waals surface area contributed by atoms with Crippen molar-refractivity contribution in [3.63, 3.8) is 0 Å². The van der Waals surface area contributed by atoms with Gasteiger partial charge in [-0.05, 0) is 62.3 Å². The van der Waals surface area contributed by atoms with E-state index in [4.69, 9.17) is 21.1 Å². The number of nitrogens with zero attached hydrogens (tertiary/aromatic N) is 3. The molecule has 6 nitrogen and oxygen atoms in total. The van der Waals surface area contributed by atoms with Crippen molar-refractivity contribution in [2.75, 3.05) is 13.2 Å². The van der Waals surface area contributed by atoms with Crippen molar-refractivity contribution in [3.05, 3.63) is 40.4 Å². The number of halogens is 1. The lowest BCUT2D eigenvalue weighted by atomic mass is 9.86. The maximum absolute atomic E-state index is 6.35. The molecule has 0 atom stereocenters. The summed E-state index contributed by atoms with van der Waals surface area (Å²) >= 11 is 6.23. The maximum atomic E-state index is 6.35. The molecule has 0 amide bonds. The first-order chi connectivity index (χ1) is 13.8. The molecular formula is C21H27ClN4O2. The molecule has 1 N–H and O–H groups in total. The van der Waals surface area contributed by atoms with Crippen molar-refractivity contribution in [2.24, 2.45) is 0 Å². The van der Waals surface area contributed by atoms with E-state index in [1.165, 1.54) is 5.56 Å². The number of fused-ring (bicyclic) bond motifs is 3. The minimum atomic E-state index is 0.374. The van der Waals surface area contributed by atoms with E-state index in [0.29, 0.717) is 18.1 Å². The van der Waals surface area contributed by atoms with Crippen LogP contribution < -0.4 is 5.32 Å². The lowest BCUT2D eigenvalue weighted by Crippen LogP contribution is -2.31. The molecule has 0 spiro atoms. The summed E-state index contributed by atoms with van der Waals surface area (Å²) in [4.78, 5) is 0. The highest BCUT2D eigenvalue weighted by Gasteiger charge is 2.30. The second kappa shape index (κ2) is 8.11. The monoisotopic (exact) mass is 402 g/mol. The molecule has 1 saturated heterocycles. The molecule has 2 aliphatic heterocycles. The first-order valence-corrected chi connectivity index (χ1v) is 10.8. The van der Waals surface area contributed by atoms with Gasteiger partial charge >= 0.3 is 0 Å². The van der Waals surface area contributed by atoms with Crippen molar-refractivity contribution in [2.45, 2.75) is 69.7 Å². The van der Waals surface area contributed by atoms with Crippen LogP contribution in [-0.2, 0) is 22.6 Å². The summed E-state index contributed by atoms with van der Waals surface area (Å²) < 4.78 is 14.1. The summed E-state index contributed by atoms with van der Waals surface area (Å²) in [5.41, 5.74) is 2.36. The van der Waals surface area contributed by atoms with E-state index in [1.807, 2.05) is 12.1 Å². The zero-order chi connectivity index (χ0) is 18.9. The summed E-state index contributed by atoms with van der Waals surface area (Å²) in [6.45, 7) is 3.19. The molecule has 2 fully saturated rings. The highest BCUT2D eigenvalue weighted by molar-refractivity contribution is 6.30.